The van der Waals surface area contributed by atoms with Gasteiger partial charge in [0.1, 0.15) is 30.0 Å². The molecule has 1 N–H and O–H groups in total. The van der Waals surface area contributed by atoms with Gasteiger partial charge < -0.3 is 43.9 Å². The molecule has 264 valence electrons. The fraction of sp³-hybridized carbons (Fsp3) is 0.667. The van der Waals surface area contributed by atoms with Gasteiger partial charge in [-0.05, 0) is 67.9 Å². The Hall–Kier alpha value is -4.23. The summed E-state index contributed by atoms with van der Waals surface area (Å²) in [6.45, 7) is 16.0. The van der Waals surface area contributed by atoms with Crippen molar-refractivity contribution in [2.24, 2.45) is 0 Å². The molecule has 1 aliphatic rings. The lowest BCUT2D eigenvalue weighted by atomic mass is 10.2. The van der Waals surface area contributed by atoms with E-state index in [4.69, 9.17) is 18.9 Å². The third kappa shape index (κ3) is 15.7. The number of hydrogen-bond acceptors (Lipinski definition) is 9. The smallest absolute Gasteiger partial charge is 0.410 e. The molecule has 1 aromatic rings. The summed E-state index contributed by atoms with van der Waals surface area (Å²) in [5.41, 5.74) is -1.52. The summed E-state index contributed by atoms with van der Waals surface area (Å²) in [6.07, 6.45) is -2.57. The summed E-state index contributed by atoms with van der Waals surface area (Å²) in [7, 11) is 0. The van der Waals surface area contributed by atoms with Gasteiger partial charge in [0, 0.05) is 52.4 Å². The van der Waals surface area contributed by atoms with E-state index in [-0.39, 0.29) is 65.5 Å². The van der Waals surface area contributed by atoms with Gasteiger partial charge in [-0.1, -0.05) is 30.3 Å². The van der Waals surface area contributed by atoms with E-state index >= 15 is 0 Å². The molecule has 1 saturated heterocycles. The van der Waals surface area contributed by atoms with Gasteiger partial charge in [0.05, 0.1) is 0 Å². The molecule has 1 fully saturated rings. The lowest BCUT2D eigenvalue weighted by molar-refractivity contribution is -0.130. The number of ether oxygens (including phenoxy) is 4. The van der Waals surface area contributed by atoms with Crippen LogP contribution in [0.15, 0.2) is 30.3 Å². The number of rotatable bonds is 4. The zero-order valence-electron chi connectivity index (χ0n) is 29.4. The van der Waals surface area contributed by atoms with Gasteiger partial charge in [0.2, 0.25) is 5.91 Å². The molecule has 0 unspecified atom stereocenters. The van der Waals surface area contributed by atoms with Crippen molar-refractivity contribution < 1.29 is 42.9 Å². The number of hydrogen-bond donors (Lipinski definition) is 1. The van der Waals surface area contributed by atoms with E-state index in [1.807, 2.05) is 30.3 Å². The van der Waals surface area contributed by atoms with E-state index < -0.39 is 47.1 Å². The average molecular weight is 664 g/mol. The molecule has 1 aliphatic heterocycles. The minimum absolute atomic E-state index is 0.0423. The Labute approximate surface area is 278 Å². The molecule has 0 spiro atoms. The first-order valence-electron chi connectivity index (χ1n) is 15.9. The number of nitrogens with zero attached hydrogens (tertiary/aromatic N) is 4. The third-order valence-corrected chi connectivity index (χ3v) is 6.46. The first kappa shape index (κ1) is 39.0. The highest BCUT2D eigenvalue weighted by molar-refractivity contribution is 5.82. The molecule has 47 heavy (non-hydrogen) atoms. The van der Waals surface area contributed by atoms with E-state index in [1.165, 1.54) is 19.6 Å². The molecule has 0 atom stereocenters. The monoisotopic (exact) mass is 663 g/mol. The summed E-state index contributed by atoms with van der Waals surface area (Å²) >= 11 is 0. The summed E-state index contributed by atoms with van der Waals surface area (Å²) in [5.74, 6) is -0.442. The van der Waals surface area contributed by atoms with Crippen LogP contribution in [0, 0.1) is 0 Å². The van der Waals surface area contributed by atoms with Crippen LogP contribution in [0.2, 0.25) is 0 Å². The Kier molecular flexibility index (Phi) is 14.1. The van der Waals surface area contributed by atoms with Gasteiger partial charge in [-0.3, -0.25) is 4.79 Å². The molecule has 0 saturated carbocycles. The van der Waals surface area contributed by atoms with Gasteiger partial charge in [0.25, 0.3) is 0 Å². The van der Waals surface area contributed by atoms with Crippen LogP contribution >= 0.6 is 0 Å². The lowest BCUT2D eigenvalue weighted by Gasteiger charge is -2.35. The van der Waals surface area contributed by atoms with Crippen molar-refractivity contribution in [2.45, 2.75) is 85.7 Å². The van der Waals surface area contributed by atoms with E-state index in [2.05, 4.69) is 5.32 Å². The molecule has 1 heterocycles. The Morgan fingerprint density at radius 2 is 0.915 bits per heavy atom. The first-order valence-corrected chi connectivity index (χ1v) is 15.9. The molecule has 0 bridgehead atoms. The van der Waals surface area contributed by atoms with Gasteiger partial charge in [-0.2, -0.15) is 0 Å². The Balaban J connectivity index is 2.27. The van der Waals surface area contributed by atoms with E-state index in [1.54, 1.807) is 62.3 Å². The molecule has 14 heteroatoms. The Bertz CT molecular complexity index is 1160. The van der Waals surface area contributed by atoms with Crippen molar-refractivity contribution in [3.05, 3.63) is 35.9 Å². The molecular formula is C33H53N5O9. The minimum Gasteiger partial charge on any atom is -0.445 e. The largest absolute Gasteiger partial charge is 0.445 e. The second-order valence-corrected chi connectivity index (χ2v) is 14.2. The van der Waals surface area contributed by atoms with Gasteiger partial charge in [-0.15, -0.1) is 0 Å². The van der Waals surface area contributed by atoms with Crippen LogP contribution in [0.25, 0.3) is 0 Å². The molecular weight excluding hydrogens is 610 g/mol. The topological polar surface area (TPSA) is 147 Å². The van der Waals surface area contributed by atoms with Crippen LogP contribution in [0.3, 0.4) is 0 Å². The van der Waals surface area contributed by atoms with Crippen LogP contribution < -0.4 is 5.32 Å². The maximum Gasteiger partial charge on any atom is 0.410 e. The number of nitrogens with one attached hydrogen (secondary N) is 1. The number of carbonyl (C=O) groups is 5. The predicted octanol–water partition coefficient (Wildman–Crippen LogP) is 4.47. The highest BCUT2D eigenvalue weighted by atomic mass is 16.6. The Morgan fingerprint density at radius 3 is 1.26 bits per heavy atom. The van der Waals surface area contributed by atoms with Crippen molar-refractivity contribution in [2.75, 3.05) is 58.9 Å². The van der Waals surface area contributed by atoms with Crippen molar-refractivity contribution in [3.63, 3.8) is 0 Å². The zero-order valence-corrected chi connectivity index (χ0v) is 29.4. The maximum atomic E-state index is 13.4. The van der Waals surface area contributed by atoms with Gasteiger partial charge in [0.15, 0.2) is 0 Å². The van der Waals surface area contributed by atoms with Crippen molar-refractivity contribution in [1.82, 2.24) is 24.9 Å². The predicted molar refractivity (Wildman–Crippen MR) is 175 cm³/mol. The molecule has 5 amide bonds. The van der Waals surface area contributed by atoms with E-state index in [9.17, 15) is 24.0 Å². The van der Waals surface area contributed by atoms with Crippen LogP contribution in [0.5, 0.6) is 0 Å². The lowest BCUT2D eigenvalue weighted by Crippen LogP contribution is -2.53. The van der Waals surface area contributed by atoms with Crippen LogP contribution in [0.4, 0.5) is 19.2 Å². The highest BCUT2D eigenvalue weighted by Gasteiger charge is 2.30. The molecule has 0 aromatic heterocycles. The number of carbonyl (C=O) groups excluding carboxylic acids is 5. The third-order valence-electron chi connectivity index (χ3n) is 6.46. The summed E-state index contributed by atoms with van der Waals surface area (Å²) in [6, 6.07) is 9.13. The molecule has 1 aromatic carbocycles. The fourth-order valence-corrected chi connectivity index (χ4v) is 4.22. The fourth-order valence-electron chi connectivity index (χ4n) is 4.22. The Morgan fingerprint density at radius 1 is 0.574 bits per heavy atom. The second-order valence-electron chi connectivity index (χ2n) is 14.2. The first-order chi connectivity index (χ1) is 21.7. The molecule has 0 radical (unpaired) electrons. The second kappa shape index (κ2) is 17.1. The van der Waals surface area contributed by atoms with Crippen LogP contribution in [-0.2, 0) is 30.3 Å². The number of amides is 5. The molecule has 2 rings (SSSR count). The SMILES string of the molecule is CC(C)(C)OC(=O)N1CCN(C(=O)CNC(=O)OCc2ccccc2)CCN(C(=O)OC(C)(C)C)CCN(C(=O)OC(C)(C)C)CC1. The van der Waals surface area contributed by atoms with Gasteiger partial charge >= 0.3 is 24.4 Å². The van der Waals surface area contributed by atoms with Crippen molar-refractivity contribution in [1.29, 1.82) is 0 Å². The van der Waals surface area contributed by atoms with E-state index in [0.717, 1.165) is 5.56 Å². The summed E-state index contributed by atoms with van der Waals surface area (Å²) in [5, 5.41) is 2.48. The minimum atomic E-state index is -0.779. The van der Waals surface area contributed by atoms with Gasteiger partial charge in [-0.25, -0.2) is 19.2 Å². The average Bonchev–Trinajstić information content (AvgIpc) is 2.92. The van der Waals surface area contributed by atoms with E-state index in [0.29, 0.717) is 0 Å². The zero-order chi connectivity index (χ0) is 35.4. The maximum absolute atomic E-state index is 13.4. The number of alkyl carbamates (subject to hydrolysis) is 1. The quantitative estimate of drug-likeness (QED) is 0.461. The summed E-state index contributed by atoms with van der Waals surface area (Å²) < 4.78 is 22.1. The molecule has 14 nitrogen and oxygen atoms in total. The molecule has 0 aliphatic carbocycles. The summed E-state index contributed by atoms with van der Waals surface area (Å²) in [4.78, 5) is 71.1. The standard InChI is InChI=1S/C33H53N5O9/c1-31(2,3)45-28(41)36-17-15-35(26(39)23-34-27(40)44-24-25-13-11-10-12-14-25)16-18-37(29(42)46-32(4,5)6)20-22-38(21-19-36)30(43)47-33(7,8)9/h10-14H,15-24H2,1-9H3,(H,34,40). The van der Waals surface area contributed by atoms with Crippen LogP contribution in [0.1, 0.15) is 67.9 Å². The normalized spacial score (nSPS) is 15.5. The van der Waals surface area contributed by atoms with Crippen molar-refractivity contribution >= 4 is 30.3 Å². The highest BCUT2D eigenvalue weighted by Crippen LogP contribution is 2.15. The van der Waals surface area contributed by atoms with Crippen LogP contribution in [-0.4, -0.2) is 126 Å². The number of benzene rings is 1. The van der Waals surface area contributed by atoms with Crippen molar-refractivity contribution in [3.8, 4) is 0 Å².